The highest BCUT2D eigenvalue weighted by molar-refractivity contribution is 5.95. The third-order valence-electron chi connectivity index (χ3n) is 5.32. The lowest BCUT2D eigenvalue weighted by Gasteiger charge is -2.37. The van der Waals surface area contributed by atoms with Crippen LogP contribution in [0.1, 0.15) is 41.4 Å². The Bertz CT molecular complexity index is 756. The molecule has 0 radical (unpaired) electrons. The number of carbonyl (C=O) groups is 1. The summed E-state index contributed by atoms with van der Waals surface area (Å²) in [5.41, 5.74) is 2.89. The number of rotatable bonds is 4. The number of hydrogen-bond donors (Lipinski definition) is 0. The van der Waals surface area contributed by atoms with E-state index in [4.69, 9.17) is 9.47 Å². The predicted octanol–water partition coefficient (Wildman–Crippen LogP) is 2.47. The molecule has 1 aromatic heterocycles. The Morgan fingerprint density at radius 2 is 1.85 bits per heavy atom. The van der Waals surface area contributed by atoms with E-state index in [-0.39, 0.29) is 5.91 Å². The summed E-state index contributed by atoms with van der Waals surface area (Å²) in [6, 6.07) is 10.2. The second kappa shape index (κ2) is 7.21. The van der Waals surface area contributed by atoms with E-state index in [0.29, 0.717) is 38.4 Å². The largest absolute Gasteiger partial charge is 0.347 e. The van der Waals surface area contributed by atoms with Gasteiger partial charge in [-0.2, -0.15) is 5.10 Å². The molecule has 138 valence electrons. The van der Waals surface area contributed by atoms with E-state index >= 15 is 0 Å². The van der Waals surface area contributed by atoms with Crippen LogP contribution in [0.25, 0.3) is 0 Å². The summed E-state index contributed by atoms with van der Waals surface area (Å²) < 4.78 is 13.4. The highest BCUT2D eigenvalue weighted by atomic mass is 16.7. The third-order valence-corrected chi connectivity index (χ3v) is 5.32. The number of benzene rings is 1. The Hall–Kier alpha value is -2.18. The normalized spacial score (nSPS) is 19.2. The molecule has 0 unspecified atom stereocenters. The number of carbonyl (C=O) groups excluding carboxylic acids is 1. The van der Waals surface area contributed by atoms with Crippen LogP contribution in [0, 0.1) is 0 Å². The molecule has 1 spiro atoms. The van der Waals surface area contributed by atoms with Gasteiger partial charge >= 0.3 is 0 Å². The van der Waals surface area contributed by atoms with Gasteiger partial charge in [-0.05, 0) is 12.0 Å². The summed E-state index contributed by atoms with van der Waals surface area (Å²) >= 11 is 0. The molecule has 0 N–H and O–H groups in total. The van der Waals surface area contributed by atoms with Gasteiger partial charge in [0, 0.05) is 25.9 Å². The fraction of sp³-hybridized carbons (Fsp3) is 0.500. The quantitative estimate of drug-likeness (QED) is 0.845. The van der Waals surface area contributed by atoms with Gasteiger partial charge < -0.3 is 14.4 Å². The van der Waals surface area contributed by atoms with E-state index < -0.39 is 5.79 Å². The van der Waals surface area contributed by atoms with Gasteiger partial charge in [-0.25, -0.2) is 0 Å². The Balaban J connectivity index is 1.48. The molecule has 2 aromatic rings. The van der Waals surface area contributed by atoms with Crippen molar-refractivity contribution in [3.8, 4) is 0 Å². The minimum Gasteiger partial charge on any atom is -0.347 e. The molecule has 2 aliphatic rings. The van der Waals surface area contributed by atoms with Crippen LogP contribution >= 0.6 is 0 Å². The average molecular weight is 355 g/mol. The van der Waals surface area contributed by atoms with Gasteiger partial charge in [0.15, 0.2) is 5.79 Å². The van der Waals surface area contributed by atoms with Crippen LogP contribution < -0.4 is 0 Å². The molecule has 0 saturated carbocycles. The Labute approximate surface area is 153 Å². The number of nitrogens with zero attached hydrogens (tertiary/aromatic N) is 3. The summed E-state index contributed by atoms with van der Waals surface area (Å²) in [5, 5.41) is 4.49. The van der Waals surface area contributed by atoms with Gasteiger partial charge in [-0.1, -0.05) is 37.3 Å². The van der Waals surface area contributed by atoms with Gasteiger partial charge in [0.1, 0.15) is 0 Å². The van der Waals surface area contributed by atoms with Gasteiger partial charge in [0.25, 0.3) is 5.91 Å². The zero-order chi connectivity index (χ0) is 18.0. The molecule has 1 amide bonds. The summed E-state index contributed by atoms with van der Waals surface area (Å²) in [6.07, 6.45) is 3.96. The van der Waals surface area contributed by atoms with Crippen LogP contribution in [0.3, 0.4) is 0 Å². The number of amides is 1. The predicted molar refractivity (Wildman–Crippen MR) is 96.9 cm³/mol. The molecule has 6 heteroatoms. The second-order valence-electron chi connectivity index (χ2n) is 6.90. The number of piperidine rings is 1. The number of ether oxygens (including phenoxy) is 2. The van der Waals surface area contributed by atoms with Crippen molar-refractivity contribution < 1.29 is 14.3 Å². The number of hydrogen-bond acceptors (Lipinski definition) is 4. The van der Waals surface area contributed by atoms with Crippen LogP contribution in [0.15, 0.2) is 36.5 Å². The summed E-state index contributed by atoms with van der Waals surface area (Å²) in [4.78, 5) is 14.9. The zero-order valence-electron chi connectivity index (χ0n) is 15.2. The first-order valence-electron chi connectivity index (χ1n) is 9.36. The monoisotopic (exact) mass is 355 g/mol. The fourth-order valence-electron chi connectivity index (χ4n) is 3.86. The van der Waals surface area contributed by atoms with Crippen LogP contribution in [-0.4, -0.2) is 52.7 Å². The first-order valence-corrected chi connectivity index (χ1v) is 9.36. The van der Waals surface area contributed by atoms with Crippen molar-refractivity contribution in [3.63, 3.8) is 0 Å². The van der Waals surface area contributed by atoms with Gasteiger partial charge in [-0.3, -0.25) is 9.48 Å². The maximum Gasteiger partial charge on any atom is 0.257 e. The van der Waals surface area contributed by atoms with Crippen molar-refractivity contribution in [1.82, 2.24) is 14.7 Å². The number of likely N-dealkylation sites (tertiary alicyclic amines) is 1. The second-order valence-corrected chi connectivity index (χ2v) is 6.90. The minimum atomic E-state index is -0.456. The standard InChI is InChI=1S/C20H25N3O3/c1-2-18-17(14-21-23(18)15-16-6-4-3-5-7-16)19(24)22-10-8-20(9-11-22)25-12-13-26-20/h3-7,14H,2,8-13,15H2,1H3. The minimum absolute atomic E-state index is 0.0639. The molecule has 2 aliphatic heterocycles. The summed E-state index contributed by atoms with van der Waals surface area (Å²) in [6.45, 7) is 5.38. The summed E-state index contributed by atoms with van der Waals surface area (Å²) in [5.74, 6) is -0.393. The summed E-state index contributed by atoms with van der Waals surface area (Å²) in [7, 11) is 0. The lowest BCUT2D eigenvalue weighted by atomic mass is 10.0. The first kappa shape index (κ1) is 17.2. The number of aromatic nitrogens is 2. The van der Waals surface area contributed by atoms with E-state index in [9.17, 15) is 4.79 Å². The Morgan fingerprint density at radius 3 is 2.50 bits per heavy atom. The molecule has 0 bridgehead atoms. The van der Waals surface area contributed by atoms with Crippen molar-refractivity contribution in [2.24, 2.45) is 0 Å². The van der Waals surface area contributed by atoms with Crippen molar-refractivity contribution in [2.75, 3.05) is 26.3 Å². The van der Waals surface area contributed by atoms with Crippen LogP contribution in [0.4, 0.5) is 0 Å². The lowest BCUT2D eigenvalue weighted by molar-refractivity contribution is -0.181. The fourth-order valence-corrected chi connectivity index (χ4v) is 3.86. The van der Waals surface area contributed by atoms with Crippen molar-refractivity contribution in [2.45, 2.75) is 38.5 Å². The maximum atomic E-state index is 13.0. The van der Waals surface area contributed by atoms with E-state index in [0.717, 1.165) is 25.0 Å². The topological polar surface area (TPSA) is 56.6 Å². The molecular weight excluding hydrogens is 330 g/mol. The van der Waals surface area contributed by atoms with Crippen molar-refractivity contribution in [1.29, 1.82) is 0 Å². The molecule has 2 fully saturated rings. The molecule has 1 aromatic carbocycles. The Morgan fingerprint density at radius 1 is 1.15 bits per heavy atom. The molecule has 6 nitrogen and oxygen atoms in total. The molecule has 2 saturated heterocycles. The molecule has 0 atom stereocenters. The first-order chi connectivity index (χ1) is 12.7. The van der Waals surface area contributed by atoms with Gasteiger partial charge in [-0.15, -0.1) is 0 Å². The maximum absolute atomic E-state index is 13.0. The van der Waals surface area contributed by atoms with E-state index in [1.165, 1.54) is 5.56 Å². The molecule has 3 heterocycles. The van der Waals surface area contributed by atoms with E-state index in [1.807, 2.05) is 27.8 Å². The zero-order valence-corrected chi connectivity index (χ0v) is 15.2. The van der Waals surface area contributed by atoms with Crippen LogP contribution in [-0.2, 0) is 22.4 Å². The van der Waals surface area contributed by atoms with Gasteiger partial charge in [0.2, 0.25) is 0 Å². The van der Waals surface area contributed by atoms with E-state index in [2.05, 4.69) is 24.2 Å². The lowest BCUT2D eigenvalue weighted by Crippen LogP contribution is -2.47. The third kappa shape index (κ3) is 3.27. The average Bonchev–Trinajstić information content (AvgIpc) is 3.30. The van der Waals surface area contributed by atoms with Crippen LogP contribution in [0.2, 0.25) is 0 Å². The Kier molecular flexibility index (Phi) is 4.78. The van der Waals surface area contributed by atoms with E-state index in [1.54, 1.807) is 6.20 Å². The molecule has 4 rings (SSSR count). The SMILES string of the molecule is CCc1c(C(=O)N2CCC3(CC2)OCCO3)cnn1Cc1ccccc1. The van der Waals surface area contributed by atoms with Crippen molar-refractivity contribution in [3.05, 3.63) is 53.3 Å². The molecule has 26 heavy (non-hydrogen) atoms. The molecular formula is C20H25N3O3. The highest BCUT2D eigenvalue weighted by Crippen LogP contribution is 2.32. The molecule has 0 aliphatic carbocycles. The highest BCUT2D eigenvalue weighted by Gasteiger charge is 2.41. The smallest absolute Gasteiger partial charge is 0.257 e. The van der Waals surface area contributed by atoms with Gasteiger partial charge in [0.05, 0.1) is 37.2 Å². The van der Waals surface area contributed by atoms with Crippen LogP contribution in [0.5, 0.6) is 0 Å². The van der Waals surface area contributed by atoms with Crippen molar-refractivity contribution >= 4 is 5.91 Å².